The van der Waals surface area contributed by atoms with Crippen molar-refractivity contribution < 1.29 is 54.5 Å². The van der Waals surface area contributed by atoms with Gasteiger partial charge in [0.15, 0.2) is 0 Å². The van der Waals surface area contributed by atoms with Gasteiger partial charge in [-0.15, -0.1) is 0 Å². The Morgan fingerprint density at radius 3 is 2.04 bits per heavy atom. The van der Waals surface area contributed by atoms with Gasteiger partial charge in [0.25, 0.3) is 10.1 Å². The molecule has 3 unspecified atom stereocenters. The van der Waals surface area contributed by atoms with E-state index in [4.69, 9.17) is 4.89 Å². The van der Waals surface area contributed by atoms with Crippen LogP contribution in [0.5, 0.6) is 0 Å². The lowest BCUT2D eigenvalue weighted by Gasteiger charge is -2.19. The lowest BCUT2D eigenvalue weighted by molar-refractivity contribution is 0.203. The molecule has 2 aromatic carbocycles. The molecule has 2 aromatic rings. The lowest BCUT2D eigenvalue weighted by Crippen LogP contribution is -2.03. The minimum Gasteiger partial charge on any atom is -0.308 e. The summed E-state index contributed by atoms with van der Waals surface area (Å²) in [6, 6.07) is 7.43. The molecule has 0 aliphatic carbocycles. The van der Waals surface area contributed by atoms with E-state index in [2.05, 4.69) is 13.1 Å². The molecule has 0 heterocycles. The average molecular weight is 477 g/mol. The van der Waals surface area contributed by atoms with Crippen molar-refractivity contribution in [2.24, 2.45) is 0 Å². The summed E-state index contributed by atoms with van der Waals surface area (Å²) in [5, 5.41) is 1.89. The SMILES string of the molecule is COP(=O)(O)OP(=O)(O)OP(=O)(O)Nc1cccc2c(S(=O)(=O)O)cccc12. The molecular formula is C11H14NO12P3S. The topological polar surface area (TPSA) is 206 Å². The minimum absolute atomic E-state index is 0.0299. The molecule has 2 rings (SSSR count). The van der Waals surface area contributed by atoms with Crippen molar-refractivity contribution in [3.63, 3.8) is 0 Å². The highest BCUT2D eigenvalue weighted by Crippen LogP contribution is 2.67. The summed E-state index contributed by atoms with van der Waals surface area (Å²) < 4.78 is 78.9. The maximum absolute atomic E-state index is 12.1. The molecule has 5 N–H and O–H groups in total. The predicted octanol–water partition coefficient (Wildman–Crippen LogP) is 2.48. The first-order valence-corrected chi connectivity index (χ1v) is 12.9. The van der Waals surface area contributed by atoms with Crippen molar-refractivity contribution >= 4 is 50.0 Å². The van der Waals surface area contributed by atoms with Gasteiger partial charge in [-0.25, -0.2) is 13.7 Å². The zero-order valence-electron chi connectivity index (χ0n) is 13.8. The molecule has 28 heavy (non-hydrogen) atoms. The van der Waals surface area contributed by atoms with Gasteiger partial charge in [0.05, 0.1) is 5.69 Å². The van der Waals surface area contributed by atoms with E-state index in [-0.39, 0.29) is 16.5 Å². The Hall–Kier alpha value is -1.14. The fourth-order valence-electron chi connectivity index (χ4n) is 2.09. The Bertz CT molecular complexity index is 1150. The molecule has 156 valence electrons. The van der Waals surface area contributed by atoms with Crippen LogP contribution >= 0.6 is 23.4 Å². The summed E-state index contributed by atoms with van der Waals surface area (Å²) in [6.07, 6.45) is 0. The number of anilines is 1. The van der Waals surface area contributed by atoms with E-state index in [1.165, 1.54) is 30.3 Å². The van der Waals surface area contributed by atoms with E-state index >= 15 is 0 Å². The highest BCUT2D eigenvalue weighted by atomic mass is 32.2. The summed E-state index contributed by atoms with van der Waals surface area (Å²) in [5.74, 6) is 0. The van der Waals surface area contributed by atoms with Crippen LogP contribution in [0.1, 0.15) is 0 Å². The Morgan fingerprint density at radius 1 is 0.893 bits per heavy atom. The molecule has 0 saturated heterocycles. The van der Waals surface area contributed by atoms with E-state index in [9.17, 15) is 36.5 Å². The molecule has 3 atom stereocenters. The molecule has 0 radical (unpaired) electrons. The van der Waals surface area contributed by atoms with E-state index < -0.39 is 38.4 Å². The van der Waals surface area contributed by atoms with Gasteiger partial charge in [0.1, 0.15) is 4.90 Å². The molecular weight excluding hydrogens is 463 g/mol. The van der Waals surface area contributed by atoms with Crippen LogP contribution in [0, 0.1) is 0 Å². The number of phosphoric acid groups is 2. The van der Waals surface area contributed by atoms with Crippen LogP contribution in [-0.4, -0.2) is 34.8 Å². The van der Waals surface area contributed by atoms with Crippen molar-refractivity contribution in [1.29, 1.82) is 0 Å². The van der Waals surface area contributed by atoms with Crippen molar-refractivity contribution in [1.82, 2.24) is 0 Å². The number of benzene rings is 2. The number of nitrogens with one attached hydrogen (secondary N) is 1. The highest BCUT2D eigenvalue weighted by Gasteiger charge is 2.41. The van der Waals surface area contributed by atoms with E-state index in [0.29, 0.717) is 7.11 Å². The second kappa shape index (κ2) is 7.94. The van der Waals surface area contributed by atoms with Crippen LogP contribution in [0.25, 0.3) is 10.8 Å². The lowest BCUT2D eigenvalue weighted by atomic mass is 10.1. The van der Waals surface area contributed by atoms with Gasteiger partial charge < -0.3 is 14.7 Å². The first-order chi connectivity index (χ1) is 12.7. The molecule has 0 fully saturated rings. The van der Waals surface area contributed by atoms with Crippen LogP contribution in [0.15, 0.2) is 41.3 Å². The van der Waals surface area contributed by atoms with Gasteiger partial charge in [-0.05, 0) is 12.1 Å². The molecule has 0 amide bonds. The summed E-state index contributed by atoms with van der Waals surface area (Å²) in [4.78, 5) is 27.7. The largest absolute Gasteiger partial charge is 0.489 e. The van der Waals surface area contributed by atoms with Gasteiger partial charge in [-0.1, -0.05) is 24.3 Å². The van der Waals surface area contributed by atoms with Crippen molar-refractivity contribution in [2.45, 2.75) is 4.90 Å². The molecule has 0 aliphatic rings. The van der Waals surface area contributed by atoms with Gasteiger partial charge in [-0.3, -0.25) is 14.2 Å². The zero-order chi connectivity index (χ0) is 21.4. The molecule has 17 heteroatoms. The summed E-state index contributed by atoms with van der Waals surface area (Å²) >= 11 is 0. The third-order valence-corrected chi connectivity index (χ3v) is 8.33. The monoisotopic (exact) mass is 477 g/mol. The number of phosphoric ester groups is 1. The Kier molecular flexibility index (Phi) is 6.56. The molecule has 0 saturated carbocycles. The smallest absolute Gasteiger partial charge is 0.308 e. The number of fused-ring (bicyclic) bond motifs is 1. The first kappa shape index (κ1) is 23.1. The zero-order valence-corrected chi connectivity index (χ0v) is 17.3. The van der Waals surface area contributed by atoms with Crippen LogP contribution in [-0.2, 0) is 37.0 Å². The summed E-state index contributed by atoms with van der Waals surface area (Å²) in [6.45, 7) is 0. The summed E-state index contributed by atoms with van der Waals surface area (Å²) in [5.41, 5.74) is -0.215. The van der Waals surface area contributed by atoms with Crippen LogP contribution in [0.3, 0.4) is 0 Å². The van der Waals surface area contributed by atoms with Gasteiger partial charge >= 0.3 is 23.4 Å². The normalized spacial score (nSPS) is 18.8. The second-order valence-electron chi connectivity index (χ2n) is 5.05. The Balaban J connectivity index is 2.40. The third-order valence-electron chi connectivity index (χ3n) is 3.07. The second-order valence-corrected chi connectivity index (χ2v) is 11.2. The number of hydrogen-bond acceptors (Lipinski definition) is 8. The maximum Gasteiger partial charge on any atom is 0.489 e. The molecule has 0 aromatic heterocycles. The fraction of sp³-hybridized carbons (Fsp3) is 0.0909. The third kappa shape index (κ3) is 5.93. The maximum atomic E-state index is 12.1. The van der Waals surface area contributed by atoms with E-state index in [1.54, 1.807) is 0 Å². The molecule has 13 nitrogen and oxygen atoms in total. The van der Waals surface area contributed by atoms with Gasteiger partial charge in [0, 0.05) is 17.9 Å². The van der Waals surface area contributed by atoms with Gasteiger partial charge in [-0.2, -0.15) is 17.0 Å². The van der Waals surface area contributed by atoms with Crippen LogP contribution < -0.4 is 5.09 Å². The van der Waals surface area contributed by atoms with Gasteiger partial charge in [0.2, 0.25) is 0 Å². The molecule has 0 spiro atoms. The van der Waals surface area contributed by atoms with Crippen LogP contribution in [0.4, 0.5) is 5.69 Å². The number of rotatable bonds is 8. The number of hydrogen-bond donors (Lipinski definition) is 5. The molecule has 0 bridgehead atoms. The van der Waals surface area contributed by atoms with Crippen molar-refractivity contribution in [3.8, 4) is 0 Å². The fourth-order valence-corrected chi connectivity index (χ4v) is 6.28. The van der Waals surface area contributed by atoms with E-state index in [0.717, 1.165) is 6.07 Å². The molecule has 0 aliphatic heterocycles. The Labute approximate surface area is 158 Å². The predicted molar refractivity (Wildman–Crippen MR) is 96.0 cm³/mol. The Morgan fingerprint density at radius 2 is 1.46 bits per heavy atom. The average Bonchev–Trinajstić information content (AvgIpc) is 2.51. The van der Waals surface area contributed by atoms with E-state index in [1.807, 2.05) is 5.09 Å². The summed E-state index contributed by atoms with van der Waals surface area (Å²) in [7, 11) is -19.7. The highest BCUT2D eigenvalue weighted by molar-refractivity contribution is 7.86. The minimum atomic E-state index is -5.54. The van der Waals surface area contributed by atoms with Crippen molar-refractivity contribution in [2.75, 3.05) is 12.2 Å². The quantitative estimate of drug-likeness (QED) is 0.274. The standard InChI is InChI=1S/C11H14NO12P3S/c1-22-26(15,16)24-27(17,18)23-25(13,14)12-10-6-2-5-9-8(10)4-3-7-11(9)28(19,20)21/h2-7H,1H3,(H,15,16)(H,17,18)(H2,12,13,14)(H,19,20,21). The van der Waals surface area contributed by atoms with Crippen molar-refractivity contribution in [3.05, 3.63) is 36.4 Å². The van der Waals surface area contributed by atoms with Crippen LogP contribution in [0.2, 0.25) is 0 Å². The first-order valence-electron chi connectivity index (χ1n) is 6.90.